The summed E-state index contributed by atoms with van der Waals surface area (Å²) in [5.41, 5.74) is 3.00. The molecule has 2 saturated heterocycles. The Morgan fingerprint density at radius 2 is 1.74 bits per heavy atom. The minimum absolute atomic E-state index is 0.00819. The molecule has 0 saturated carbocycles. The number of nitrogens with zero attached hydrogens (tertiary/aromatic N) is 3. The molecule has 3 aromatic rings. The van der Waals surface area contributed by atoms with E-state index < -0.39 is 23.9 Å². The first-order valence-corrected chi connectivity index (χ1v) is 15.2. The van der Waals surface area contributed by atoms with Crippen molar-refractivity contribution in [1.29, 1.82) is 0 Å². The average molecular weight is 660 g/mol. The Balaban J connectivity index is 0.000000644. The summed E-state index contributed by atoms with van der Waals surface area (Å²) in [6.45, 7) is 8.60. The lowest BCUT2D eigenvalue weighted by atomic mass is 10.0. The number of nitrogens with one attached hydrogen (secondary N) is 2. The number of likely N-dealkylation sites (tertiary alicyclic amines) is 1. The van der Waals surface area contributed by atoms with Gasteiger partial charge in [0.1, 0.15) is 17.3 Å². The van der Waals surface area contributed by atoms with E-state index in [1.807, 2.05) is 31.2 Å². The van der Waals surface area contributed by atoms with Crippen LogP contribution < -0.4 is 15.4 Å². The van der Waals surface area contributed by atoms with Crippen molar-refractivity contribution in [2.45, 2.75) is 64.7 Å². The third-order valence-corrected chi connectivity index (χ3v) is 7.74. The highest BCUT2D eigenvalue weighted by Crippen LogP contribution is 2.32. The normalized spacial score (nSPS) is 16.9. The van der Waals surface area contributed by atoms with Crippen LogP contribution in [0.25, 0.3) is 11.3 Å². The van der Waals surface area contributed by atoms with Gasteiger partial charge in [0, 0.05) is 36.7 Å². The Labute approximate surface area is 269 Å². The molecule has 0 radical (unpaired) electrons. The Morgan fingerprint density at radius 1 is 1.09 bits per heavy atom. The fourth-order valence-electron chi connectivity index (χ4n) is 5.17. The summed E-state index contributed by atoms with van der Waals surface area (Å²) >= 11 is 0. The molecule has 10 nitrogen and oxygen atoms in total. The van der Waals surface area contributed by atoms with E-state index in [9.17, 15) is 22.8 Å². The number of hydrogen-bond acceptors (Lipinski definition) is 7. The van der Waals surface area contributed by atoms with Crippen LogP contribution in [0.4, 0.5) is 17.6 Å². The SMILES string of the molecule is CC(C)c1ccc(-c2ccc(Oc3cc(C(=O)NC4CCNCC4)c(F)cc3CN3C[C@@H](C)CC3=O)cc2)nn1.O=C(O)C(F)(F)F. The quantitative estimate of drug-likeness (QED) is 0.263. The van der Waals surface area contributed by atoms with Gasteiger partial charge in [-0.2, -0.15) is 23.4 Å². The van der Waals surface area contributed by atoms with Crippen LogP contribution in [0.3, 0.4) is 0 Å². The second kappa shape index (κ2) is 15.3. The van der Waals surface area contributed by atoms with Crippen LogP contribution in [-0.4, -0.2) is 69.8 Å². The van der Waals surface area contributed by atoms with Crippen LogP contribution in [0, 0.1) is 11.7 Å². The van der Waals surface area contributed by atoms with Crippen molar-refractivity contribution in [1.82, 2.24) is 25.7 Å². The molecule has 2 aromatic carbocycles. The summed E-state index contributed by atoms with van der Waals surface area (Å²) < 4.78 is 53.3. The number of alkyl halides is 3. The highest BCUT2D eigenvalue weighted by molar-refractivity contribution is 5.95. The molecule has 0 unspecified atom stereocenters. The van der Waals surface area contributed by atoms with Crippen LogP contribution in [0.15, 0.2) is 48.5 Å². The van der Waals surface area contributed by atoms with E-state index in [1.165, 1.54) is 12.1 Å². The zero-order valence-corrected chi connectivity index (χ0v) is 26.2. The predicted octanol–water partition coefficient (Wildman–Crippen LogP) is 5.68. The summed E-state index contributed by atoms with van der Waals surface area (Å²) in [4.78, 5) is 36.1. The van der Waals surface area contributed by atoms with Crippen LogP contribution in [0.5, 0.6) is 11.5 Å². The van der Waals surface area contributed by atoms with E-state index >= 15 is 4.39 Å². The van der Waals surface area contributed by atoms with Crippen molar-refractivity contribution in [3.8, 4) is 22.8 Å². The molecule has 2 amide bonds. The highest BCUT2D eigenvalue weighted by atomic mass is 19.4. The molecule has 0 bridgehead atoms. The van der Waals surface area contributed by atoms with Crippen LogP contribution >= 0.6 is 0 Å². The van der Waals surface area contributed by atoms with Gasteiger partial charge in [-0.05, 0) is 86.3 Å². The minimum atomic E-state index is -5.08. The summed E-state index contributed by atoms with van der Waals surface area (Å²) in [6.07, 6.45) is -3.03. The maximum Gasteiger partial charge on any atom is 0.490 e. The van der Waals surface area contributed by atoms with E-state index in [2.05, 4.69) is 34.7 Å². The molecule has 2 aliphatic heterocycles. The van der Waals surface area contributed by atoms with E-state index in [0.29, 0.717) is 35.9 Å². The maximum atomic E-state index is 15.3. The molecule has 0 aliphatic carbocycles. The van der Waals surface area contributed by atoms with Gasteiger partial charge in [-0.15, -0.1) is 0 Å². The molecule has 3 heterocycles. The Bertz CT molecular complexity index is 1560. The highest BCUT2D eigenvalue weighted by Gasteiger charge is 2.38. The number of carbonyl (C=O) groups excluding carboxylic acids is 2. The van der Waals surface area contributed by atoms with Gasteiger partial charge in [0.05, 0.1) is 17.0 Å². The number of rotatable bonds is 8. The Morgan fingerprint density at radius 3 is 2.28 bits per heavy atom. The number of aromatic nitrogens is 2. The zero-order chi connectivity index (χ0) is 34.3. The van der Waals surface area contributed by atoms with Crippen molar-refractivity contribution in [2.24, 2.45) is 5.92 Å². The zero-order valence-electron chi connectivity index (χ0n) is 26.2. The lowest BCUT2D eigenvalue weighted by molar-refractivity contribution is -0.192. The number of halogens is 4. The average Bonchev–Trinajstić information content (AvgIpc) is 3.34. The largest absolute Gasteiger partial charge is 0.490 e. The van der Waals surface area contributed by atoms with Crippen LogP contribution in [-0.2, 0) is 16.1 Å². The molecule has 2 fully saturated rings. The maximum absolute atomic E-state index is 15.3. The third-order valence-electron chi connectivity index (χ3n) is 7.74. The third kappa shape index (κ3) is 9.70. The number of piperidine rings is 1. The molecular weight excluding hydrogens is 622 g/mol. The van der Waals surface area contributed by atoms with Gasteiger partial charge in [-0.25, -0.2) is 9.18 Å². The van der Waals surface area contributed by atoms with Gasteiger partial charge in [0.15, 0.2) is 0 Å². The molecule has 0 spiro atoms. The van der Waals surface area contributed by atoms with E-state index in [1.54, 1.807) is 17.0 Å². The first-order valence-electron chi connectivity index (χ1n) is 15.2. The second-order valence-corrected chi connectivity index (χ2v) is 11.9. The first-order chi connectivity index (χ1) is 22.2. The second-order valence-electron chi connectivity index (χ2n) is 11.9. The van der Waals surface area contributed by atoms with Crippen molar-refractivity contribution in [2.75, 3.05) is 19.6 Å². The molecule has 5 rings (SSSR count). The summed E-state index contributed by atoms with van der Waals surface area (Å²) in [5.74, 6) is -2.42. The number of hydrogen-bond donors (Lipinski definition) is 3. The van der Waals surface area contributed by atoms with Crippen molar-refractivity contribution >= 4 is 17.8 Å². The number of carbonyl (C=O) groups is 3. The van der Waals surface area contributed by atoms with Gasteiger partial charge in [-0.3, -0.25) is 9.59 Å². The standard InChI is InChI=1S/C31H36FN5O3.C2HF3O2/c1-19(2)27-8-9-28(36-35-27)21-4-6-24(7-5-21)40-29-16-25(31(39)34-23-10-12-33-13-11-23)26(32)15-22(29)18-37-17-20(3)14-30(37)38;3-2(4,5)1(6)7/h4-9,15-16,19-20,23,33H,10-14,17-18H2,1-3H3,(H,34,39);(H,6,7)/t20-;/m0./s1. The lowest BCUT2D eigenvalue weighted by Gasteiger charge is -2.24. The van der Waals surface area contributed by atoms with E-state index in [-0.39, 0.29) is 30.0 Å². The summed E-state index contributed by atoms with van der Waals surface area (Å²) in [6, 6.07) is 14.1. The number of benzene rings is 2. The molecule has 1 aromatic heterocycles. The summed E-state index contributed by atoms with van der Waals surface area (Å²) in [7, 11) is 0. The fourth-order valence-corrected chi connectivity index (χ4v) is 5.17. The smallest absolute Gasteiger partial charge is 0.475 e. The van der Waals surface area contributed by atoms with E-state index in [0.717, 1.165) is 42.9 Å². The molecule has 47 heavy (non-hydrogen) atoms. The number of carboxylic acid groups (broad SMARTS) is 1. The molecule has 2 aliphatic rings. The Hall–Kier alpha value is -4.59. The molecule has 14 heteroatoms. The van der Waals surface area contributed by atoms with Gasteiger partial charge in [-0.1, -0.05) is 20.8 Å². The number of amides is 2. The van der Waals surface area contributed by atoms with Crippen molar-refractivity contribution in [3.63, 3.8) is 0 Å². The predicted molar refractivity (Wildman–Crippen MR) is 164 cm³/mol. The van der Waals surface area contributed by atoms with Crippen LogP contribution in [0.2, 0.25) is 0 Å². The van der Waals surface area contributed by atoms with Crippen molar-refractivity contribution < 1.29 is 41.8 Å². The number of carboxylic acids is 1. The first kappa shape index (κ1) is 35.3. The van der Waals surface area contributed by atoms with Gasteiger partial charge in [0.25, 0.3) is 5.91 Å². The van der Waals surface area contributed by atoms with Crippen LogP contribution in [0.1, 0.15) is 67.6 Å². The lowest BCUT2D eigenvalue weighted by Crippen LogP contribution is -2.42. The molecular formula is C33H37F4N5O5. The van der Waals surface area contributed by atoms with Gasteiger partial charge >= 0.3 is 12.1 Å². The topological polar surface area (TPSA) is 134 Å². The molecule has 1 atom stereocenters. The van der Waals surface area contributed by atoms with Crippen molar-refractivity contribution in [3.05, 3.63) is 71.2 Å². The monoisotopic (exact) mass is 659 g/mol. The van der Waals surface area contributed by atoms with Gasteiger partial charge in [0.2, 0.25) is 5.91 Å². The number of ether oxygens (including phenoxy) is 1. The van der Waals surface area contributed by atoms with Gasteiger partial charge < -0.3 is 25.4 Å². The molecule has 252 valence electrons. The van der Waals surface area contributed by atoms with E-state index in [4.69, 9.17) is 14.6 Å². The fraction of sp³-hybridized carbons (Fsp3) is 0.424. The Kier molecular flexibility index (Phi) is 11.5. The molecule has 3 N–H and O–H groups in total. The number of aliphatic carboxylic acids is 1. The minimum Gasteiger partial charge on any atom is -0.475 e. The summed E-state index contributed by atoms with van der Waals surface area (Å²) in [5, 5.41) is 22.0.